The van der Waals surface area contributed by atoms with Crippen LogP contribution in [0.15, 0.2) is 24.3 Å². The maximum Gasteiger partial charge on any atom is 0.0234 e. The van der Waals surface area contributed by atoms with Gasteiger partial charge in [-0.2, -0.15) is 0 Å². The molecule has 0 atom stereocenters. The predicted octanol–water partition coefficient (Wildman–Crippen LogP) is 4.44. The van der Waals surface area contributed by atoms with Gasteiger partial charge in [0.05, 0.1) is 0 Å². The van der Waals surface area contributed by atoms with Crippen LogP contribution in [0.1, 0.15) is 52.7 Å². The molecule has 1 aromatic rings. The zero-order chi connectivity index (χ0) is 17.1. The lowest BCUT2D eigenvalue weighted by molar-refractivity contribution is 0.0983. The minimum atomic E-state index is 0.366. The van der Waals surface area contributed by atoms with E-state index in [-0.39, 0.29) is 0 Å². The lowest BCUT2D eigenvalue weighted by atomic mass is 9.88. The van der Waals surface area contributed by atoms with Gasteiger partial charge < -0.3 is 4.90 Å². The molecule has 0 N–H and O–H groups in total. The van der Waals surface area contributed by atoms with Crippen LogP contribution in [0.4, 0.5) is 0 Å². The Morgan fingerprint density at radius 1 is 0.696 bits per heavy atom. The lowest BCUT2D eigenvalue weighted by Crippen LogP contribution is -2.48. The second-order valence-electron chi connectivity index (χ2n) is 9.67. The molecule has 1 aromatic carbocycles. The highest BCUT2D eigenvalue weighted by molar-refractivity contribution is 5.23. The van der Waals surface area contributed by atoms with E-state index in [1.807, 2.05) is 0 Å². The summed E-state index contributed by atoms with van der Waals surface area (Å²) in [5, 5.41) is 0. The molecule has 2 heteroatoms. The summed E-state index contributed by atoms with van der Waals surface area (Å²) >= 11 is 0. The van der Waals surface area contributed by atoms with Crippen LogP contribution < -0.4 is 0 Å². The summed E-state index contributed by atoms with van der Waals surface area (Å²) in [6, 6.07) is 9.28. The van der Waals surface area contributed by atoms with Crippen LogP contribution in [0.3, 0.4) is 0 Å². The van der Waals surface area contributed by atoms with Gasteiger partial charge in [0, 0.05) is 39.3 Å². The molecule has 1 heterocycles. The second-order valence-corrected chi connectivity index (χ2v) is 9.67. The summed E-state index contributed by atoms with van der Waals surface area (Å²) < 4.78 is 0. The van der Waals surface area contributed by atoms with E-state index in [1.165, 1.54) is 43.9 Å². The number of nitrogens with zero attached hydrogens (tertiary/aromatic N) is 2. The Morgan fingerprint density at radius 3 is 1.65 bits per heavy atom. The van der Waals surface area contributed by atoms with Crippen molar-refractivity contribution in [2.75, 3.05) is 32.7 Å². The van der Waals surface area contributed by atoms with E-state index in [0.29, 0.717) is 10.8 Å². The quantitative estimate of drug-likeness (QED) is 0.810. The van der Waals surface area contributed by atoms with E-state index in [9.17, 15) is 0 Å². The first kappa shape index (κ1) is 18.5. The maximum absolute atomic E-state index is 2.61. The zero-order valence-corrected chi connectivity index (χ0v) is 16.2. The Kier molecular flexibility index (Phi) is 5.91. The van der Waals surface area contributed by atoms with Crippen LogP contribution >= 0.6 is 0 Å². The first-order valence-electron chi connectivity index (χ1n) is 9.13. The van der Waals surface area contributed by atoms with Crippen LogP contribution in [0.5, 0.6) is 0 Å². The van der Waals surface area contributed by atoms with Crippen LogP contribution in [0.25, 0.3) is 0 Å². The maximum atomic E-state index is 2.61. The Hall–Kier alpha value is -0.860. The molecule has 0 radical (unpaired) electrons. The fraction of sp³-hybridized carbons (Fsp3) is 0.714. The number of hydrogen-bond acceptors (Lipinski definition) is 2. The number of piperazine rings is 1. The Morgan fingerprint density at radius 2 is 1.17 bits per heavy atom. The van der Waals surface area contributed by atoms with E-state index in [0.717, 1.165) is 13.0 Å². The van der Waals surface area contributed by atoms with E-state index >= 15 is 0 Å². The summed E-state index contributed by atoms with van der Waals surface area (Å²) in [7, 11) is 0. The number of rotatable bonds is 4. The molecule has 1 aliphatic heterocycles. The standard InChI is InChI=1S/C21H36N2/c1-20(2,3)15-18-7-9-19(10-8-18)16-22-11-13-23(14-12-22)17-21(4,5)6/h7-10H,11-17H2,1-6H3. The monoisotopic (exact) mass is 316 g/mol. The van der Waals surface area contributed by atoms with Gasteiger partial charge in [0.1, 0.15) is 0 Å². The SMILES string of the molecule is CC(C)(C)Cc1ccc(CN2CCN(CC(C)(C)C)CC2)cc1. The van der Waals surface area contributed by atoms with Gasteiger partial charge in [-0.3, -0.25) is 4.90 Å². The molecular weight excluding hydrogens is 280 g/mol. The number of hydrogen-bond donors (Lipinski definition) is 0. The van der Waals surface area contributed by atoms with Crippen molar-refractivity contribution in [3.05, 3.63) is 35.4 Å². The third-order valence-electron chi connectivity index (χ3n) is 4.33. The minimum Gasteiger partial charge on any atom is -0.300 e. The van der Waals surface area contributed by atoms with Crippen LogP contribution in [-0.4, -0.2) is 42.5 Å². The Bertz CT molecular complexity index is 468. The largest absolute Gasteiger partial charge is 0.300 e. The van der Waals surface area contributed by atoms with Gasteiger partial charge in [-0.05, 0) is 28.4 Å². The normalized spacial score (nSPS) is 18.3. The molecule has 23 heavy (non-hydrogen) atoms. The zero-order valence-electron chi connectivity index (χ0n) is 16.2. The van der Waals surface area contributed by atoms with Gasteiger partial charge in [-0.15, -0.1) is 0 Å². The summed E-state index contributed by atoms with van der Waals surface area (Å²) in [4.78, 5) is 5.21. The molecule has 1 saturated heterocycles. The van der Waals surface area contributed by atoms with Crippen LogP contribution in [0, 0.1) is 10.8 Å². The minimum absolute atomic E-state index is 0.366. The predicted molar refractivity (Wildman–Crippen MR) is 101 cm³/mol. The molecule has 130 valence electrons. The average Bonchev–Trinajstić information content (AvgIpc) is 2.40. The van der Waals surface area contributed by atoms with Crippen molar-refractivity contribution in [1.29, 1.82) is 0 Å². The van der Waals surface area contributed by atoms with Gasteiger partial charge in [-0.25, -0.2) is 0 Å². The van der Waals surface area contributed by atoms with Gasteiger partial charge in [0.25, 0.3) is 0 Å². The summed E-state index contributed by atoms with van der Waals surface area (Å²) in [5.41, 5.74) is 3.68. The first-order chi connectivity index (χ1) is 10.6. The highest BCUT2D eigenvalue weighted by Crippen LogP contribution is 2.21. The van der Waals surface area contributed by atoms with Crippen molar-refractivity contribution < 1.29 is 0 Å². The van der Waals surface area contributed by atoms with Crippen molar-refractivity contribution in [3.8, 4) is 0 Å². The van der Waals surface area contributed by atoms with E-state index in [4.69, 9.17) is 0 Å². The Balaban J connectivity index is 1.80. The molecule has 0 aliphatic carbocycles. The molecule has 0 saturated carbocycles. The molecular formula is C21H36N2. The van der Waals surface area contributed by atoms with Gasteiger partial charge in [0.2, 0.25) is 0 Å². The van der Waals surface area contributed by atoms with Crippen molar-refractivity contribution in [1.82, 2.24) is 9.80 Å². The second kappa shape index (κ2) is 7.36. The first-order valence-corrected chi connectivity index (χ1v) is 9.13. The molecule has 0 amide bonds. The van der Waals surface area contributed by atoms with E-state index in [1.54, 1.807) is 0 Å². The van der Waals surface area contributed by atoms with Crippen molar-refractivity contribution in [2.24, 2.45) is 10.8 Å². The molecule has 2 rings (SSSR count). The Labute approximate surface area is 143 Å². The fourth-order valence-electron chi connectivity index (χ4n) is 3.41. The van der Waals surface area contributed by atoms with Gasteiger partial charge in [0.15, 0.2) is 0 Å². The van der Waals surface area contributed by atoms with Crippen LogP contribution in [0.2, 0.25) is 0 Å². The summed E-state index contributed by atoms with van der Waals surface area (Å²) in [5.74, 6) is 0. The average molecular weight is 317 g/mol. The van der Waals surface area contributed by atoms with E-state index in [2.05, 4.69) is 75.6 Å². The van der Waals surface area contributed by atoms with Crippen molar-refractivity contribution in [3.63, 3.8) is 0 Å². The van der Waals surface area contributed by atoms with Crippen LogP contribution in [-0.2, 0) is 13.0 Å². The highest BCUT2D eigenvalue weighted by atomic mass is 15.3. The topological polar surface area (TPSA) is 6.48 Å². The van der Waals surface area contributed by atoms with E-state index < -0.39 is 0 Å². The molecule has 1 aliphatic rings. The molecule has 0 spiro atoms. The molecule has 1 fully saturated rings. The lowest BCUT2D eigenvalue weighted by Gasteiger charge is -2.37. The third kappa shape index (κ3) is 7.05. The van der Waals surface area contributed by atoms with Crippen molar-refractivity contribution >= 4 is 0 Å². The molecule has 2 nitrogen and oxygen atoms in total. The number of benzene rings is 1. The third-order valence-corrected chi connectivity index (χ3v) is 4.33. The van der Waals surface area contributed by atoms with Crippen molar-refractivity contribution in [2.45, 2.75) is 54.5 Å². The summed E-state index contributed by atoms with van der Waals surface area (Å²) in [6.07, 6.45) is 1.15. The van der Waals surface area contributed by atoms with Gasteiger partial charge >= 0.3 is 0 Å². The molecule has 0 bridgehead atoms. The van der Waals surface area contributed by atoms with Gasteiger partial charge in [-0.1, -0.05) is 65.8 Å². The summed E-state index contributed by atoms with van der Waals surface area (Å²) in [6.45, 7) is 21.0. The highest BCUT2D eigenvalue weighted by Gasteiger charge is 2.21. The molecule has 0 aromatic heterocycles. The fourth-order valence-corrected chi connectivity index (χ4v) is 3.41. The molecule has 0 unspecified atom stereocenters. The smallest absolute Gasteiger partial charge is 0.0234 e.